The van der Waals surface area contributed by atoms with E-state index in [2.05, 4.69) is 63.2 Å². The van der Waals surface area contributed by atoms with Gasteiger partial charge in [0.1, 0.15) is 0 Å². The molecule has 3 heteroatoms. The molecule has 3 unspecified atom stereocenters. The standard InChI is InChI=1S/C7H15N.C7H12N.4C2H6.U/c1-6-4-7(2)8(3)5-6;1-7-5-3-4-6-8(7)2;4*1-2;/h6-7H,4-5H2,1-3H3;3-5,7H,6H2,1-2H3;4*1-2H3;/q;-1;;;;;. The Labute approximate surface area is 186 Å². The molecule has 0 N–H and O–H groups in total. The molecule has 0 radical (unpaired) electrons. The maximum atomic E-state index is 2.42. The van der Waals surface area contributed by atoms with Crippen LogP contribution in [-0.4, -0.2) is 49.1 Å². The van der Waals surface area contributed by atoms with E-state index >= 15 is 0 Å². The first kappa shape index (κ1) is 36.5. The van der Waals surface area contributed by atoms with E-state index in [0.29, 0.717) is 6.04 Å². The van der Waals surface area contributed by atoms with Gasteiger partial charge in [-0.1, -0.05) is 75.8 Å². The molecule has 25 heavy (non-hydrogen) atoms. The van der Waals surface area contributed by atoms with Crippen LogP contribution in [0.5, 0.6) is 0 Å². The van der Waals surface area contributed by atoms with Gasteiger partial charge in [-0.25, -0.2) is 18.6 Å². The summed E-state index contributed by atoms with van der Waals surface area (Å²) in [6.45, 7) is 25.2. The Balaban J connectivity index is -0.0000000743. The second-order valence-electron chi connectivity index (χ2n) is 5.43. The quantitative estimate of drug-likeness (QED) is 0.300. The van der Waals surface area contributed by atoms with Gasteiger partial charge in [0.05, 0.1) is 0 Å². The van der Waals surface area contributed by atoms with Gasteiger partial charge < -0.3 is 9.80 Å². The van der Waals surface area contributed by atoms with E-state index in [1.807, 2.05) is 55.4 Å². The molecule has 2 rings (SSSR count). The van der Waals surface area contributed by atoms with Gasteiger partial charge in [0.25, 0.3) is 0 Å². The number of nitrogens with zero attached hydrogens (tertiary/aromatic N) is 2. The molecule has 0 aromatic carbocycles. The first-order chi connectivity index (χ1) is 11.5. The molecule has 3 atom stereocenters. The third-order valence-electron chi connectivity index (χ3n) is 3.71. The average Bonchev–Trinajstić information content (AvgIpc) is 2.94. The fourth-order valence-electron chi connectivity index (χ4n) is 2.29. The van der Waals surface area contributed by atoms with E-state index < -0.39 is 0 Å². The van der Waals surface area contributed by atoms with Gasteiger partial charge in [-0.2, -0.15) is 0 Å². The summed E-state index contributed by atoms with van der Waals surface area (Å²) in [5.41, 5.74) is 0. The number of likely N-dealkylation sites (N-methyl/N-ethyl adjacent to an activating group) is 1. The maximum absolute atomic E-state index is 2.42. The first-order valence-electron chi connectivity index (χ1n) is 10.4. The van der Waals surface area contributed by atoms with Crippen molar-refractivity contribution in [2.75, 3.05) is 27.2 Å². The van der Waals surface area contributed by atoms with Gasteiger partial charge >= 0.3 is 0 Å². The van der Waals surface area contributed by atoms with E-state index in [1.165, 1.54) is 13.0 Å². The van der Waals surface area contributed by atoms with Gasteiger partial charge in [-0.15, -0.1) is 0 Å². The molecule has 154 valence electrons. The zero-order chi connectivity index (χ0) is 20.1. The summed E-state index contributed by atoms with van der Waals surface area (Å²) in [5.74, 6) is 0.926. The van der Waals surface area contributed by atoms with Crippen LogP contribution in [0, 0.1) is 43.5 Å². The zero-order valence-corrected chi connectivity index (χ0v) is 24.1. The number of hydrogen-bond donors (Lipinski definition) is 0. The van der Waals surface area contributed by atoms with Crippen LogP contribution in [0.4, 0.5) is 0 Å². The van der Waals surface area contributed by atoms with Gasteiger partial charge in [0, 0.05) is 43.7 Å². The normalized spacial score (nSPS) is 23.6. The Kier molecular flexibility index (Phi) is 42.8. The summed E-state index contributed by atoms with van der Waals surface area (Å²) in [5, 5.41) is 0. The minimum absolute atomic E-state index is 0. The maximum Gasteiger partial charge on any atom is 0.00670 e. The van der Waals surface area contributed by atoms with Gasteiger partial charge in [0.2, 0.25) is 0 Å². The molecule has 2 aliphatic heterocycles. The number of hydrogen-bond acceptors (Lipinski definition) is 2. The van der Waals surface area contributed by atoms with Crippen LogP contribution in [0.2, 0.25) is 0 Å². The molecule has 2 heterocycles. The molecular weight excluding hydrogens is 530 g/mol. The second kappa shape index (κ2) is 29.3. The van der Waals surface area contributed by atoms with Crippen LogP contribution in [-0.2, 0) is 0 Å². The van der Waals surface area contributed by atoms with Crippen LogP contribution in [0.3, 0.4) is 0 Å². The monoisotopic (exact) mass is 581 g/mol. The molecule has 1 saturated heterocycles. The van der Waals surface area contributed by atoms with E-state index in [4.69, 9.17) is 0 Å². The largest absolute Gasteiger partial charge is 0.329 e. The van der Waals surface area contributed by atoms with Crippen LogP contribution in [0.15, 0.2) is 12.2 Å². The molecule has 0 aliphatic carbocycles. The molecule has 2 aliphatic rings. The minimum atomic E-state index is 0. The molecule has 2 nitrogen and oxygen atoms in total. The SMILES string of the molecule is CC.CC.CC.CC.CC1C=C[CH-]CN1C.CC1CC(C)N(C)C1.[U]. The second-order valence-corrected chi connectivity index (χ2v) is 5.43. The van der Waals surface area contributed by atoms with Crippen LogP contribution in [0.25, 0.3) is 0 Å². The average molecular weight is 582 g/mol. The summed E-state index contributed by atoms with van der Waals surface area (Å²) in [6, 6.07) is 1.45. The first-order valence-corrected chi connectivity index (χ1v) is 10.4. The van der Waals surface area contributed by atoms with Crippen molar-refractivity contribution >= 4 is 0 Å². The predicted molar refractivity (Wildman–Crippen MR) is 117 cm³/mol. The summed E-state index contributed by atoms with van der Waals surface area (Å²) < 4.78 is 0. The summed E-state index contributed by atoms with van der Waals surface area (Å²) >= 11 is 0. The smallest absolute Gasteiger partial charge is 0.00670 e. The van der Waals surface area contributed by atoms with E-state index in [-0.39, 0.29) is 31.1 Å². The van der Waals surface area contributed by atoms with Crippen molar-refractivity contribution in [3.63, 3.8) is 0 Å². The fraction of sp³-hybridized carbons (Fsp3) is 0.864. The molecule has 0 aromatic rings. The molecule has 0 bridgehead atoms. The fourth-order valence-corrected chi connectivity index (χ4v) is 2.29. The minimum Gasteiger partial charge on any atom is -0.329 e. The van der Waals surface area contributed by atoms with Crippen molar-refractivity contribution in [2.24, 2.45) is 5.92 Å². The molecular formula is C22H51N2U-. The zero-order valence-electron chi connectivity index (χ0n) is 20.0. The molecule has 1 fully saturated rings. The predicted octanol–water partition coefficient (Wildman–Crippen LogP) is 6.53. The van der Waals surface area contributed by atoms with E-state index in [0.717, 1.165) is 18.5 Å². The van der Waals surface area contributed by atoms with Gasteiger partial charge in [-0.05, 0) is 39.4 Å². The van der Waals surface area contributed by atoms with Crippen molar-refractivity contribution < 1.29 is 31.1 Å². The third kappa shape index (κ3) is 22.5. The summed E-state index contributed by atoms with van der Waals surface area (Å²) in [4.78, 5) is 4.71. The van der Waals surface area contributed by atoms with Crippen molar-refractivity contribution in [3.8, 4) is 0 Å². The van der Waals surface area contributed by atoms with Crippen molar-refractivity contribution in [1.82, 2.24) is 9.80 Å². The Morgan fingerprint density at radius 3 is 1.40 bits per heavy atom. The van der Waals surface area contributed by atoms with Gasteiger partial charge in [-0.3, -0.25) is 0 Å². The molecule has 0 aromatic heterocycles. The van der Waals surface area contributed by atoms with E-state index in [1.54, 1.807) is 0 Å². The topological polar surface area (TPSA) is 6.48 Å². The van der Waals surface area contributed by atoms with Gasteiger partial charge in [0.15, 0.2) is 0 Å². The third-order valence-corrected chi connectivity index (χ3v) is 3.71. The number of likely N-dealkylation sites (tertiary alicyclic amines) is 1. The van der Waals surface area contributed by atoms with Crippen LogP contribution < -0.4 is 0 Å². The summed E-state index contributed by atoms with van der Waals surface area (Å²) in [7, 11) is 4.33. The van der Waals surface area contributed by atoms with E-state index in [9.17, 15) is 0 Å². The Bertz CT molecular complexity index is 222. The molecule has 0 amide bonds. The van der Waals surface area contributed by atoms with Crippen molar-refractivity contribution in [3.05, 3.63) is 18.6 Å². The van der Waals surface area contributed by atoms with Crippen LogP contribution in [0.1, 0.15) is 82.6 Å². The Morgan fingerprint density at radius 1 is 0.800 bits per heavy atom. The molecule has 0 spiro atoms. The number of rotatable bonds is 0. The van der Waals surface area contributed by atoms with Crippen molar-refractivity contribution in [2.45, 2.75) is 94.7 Å². The Hall–Kier alpha value is 0.582. The molecule has 0 saturated carbocycles. The van der Waals surface area contributed by atoms with Crippen LogP contribution >= 0.6 is 0 Å². The van der Waals surface area contributed by atoms with Crippen molar-refractivity contribution in [1.29, 1.82) is 0 Å². The Morgan fingerprint density at radius 2 is 1.24 bits per heavy atom. The summed E-state index contributed by atoms with van der Waals surface area (Å²) in [6.07, 6.45) is 7.88.